The molecule has 7 nitrogen and oxygen atoms in total. The zero-order chi connectivity index (χ0) is 19.1. The number of aliphatic hydroxyl groups is 2. The topological polar surface area (TPSA) is 90.5 Å². The van der Waals surface area contributed by atoms with Gasteiger partial charge in [0.05, 0.1) is 12.9 Å². The SMILES string of the molecule is OC1C(Oc2ccc3ccccc3c2)OC2COC(c3ccco3)OC2C1O. The molecule has 0 saturated carbocycles. The largest absolute Gasteiger partial charge is 0.464 e. The number of aliphatic hydroxyl groups excluding tert-OH is 2. The monoisotopic (exact) mass is 384 g/mol. The second kappa shape index (κ2) is 7.20. The molecule has 0 bridgehead atoms. The van der Waals surface area contributed by atoms with Crippen LogP contribution in [0, 0.1) is 0 Å². The minimum atomic E-state index is -1.27. The van der Waals surface area contributed by atoms with E-state index in [1.54, 1.807) is 18.2 Å². The van der Waals surface area contributed by atoms with E-state index in [4.69, 9.17) is 23.4 Å². The van der Waals surface area contributed by atoms with E-state index >= 15 is 0 Å². The Morgan fingerprint density at radius 1 is 0.893 bits per heavy atom. The van der Waals surface area contributed by atoms with Crippen LogP contribution in [0.5, 0.6) is 5.75 Å². The van der Waals surface area contributed by atoms with E-state index in [2.05, 4.69) is 0 Å². The van der Waals surface area contributed by atoms with Crippen molar-refractivity contribution >= 4 is 10.8 Å². The third-order valence-electron chi connectivity index (χ3n) is 5.08. The van der Waals surface area contributed by atoms with Gasteiger partial charge in [-0.05, 0) is 35.0 Å². The highest BCUT2D eigenvalue weighted by Gasteiger charge is 2.50. The molecule has 5 rings (SSSR count). The molecular formula is C21H20O7. The second-order valence-corrected chi connectivity index (χ2v) is 6.93. The second-order valence-electron chi connectivity index (χ2n) is 6.93. The van der Waals surface area contributed by atoms with Crippen LogP contribution in [-0.2, 0) is 14.2 Å². The van der Waals surface area contributed by atoms with Gasteiger partial charge in [-0.1, -0.05) is 30.3 Å². The predicted octanol–water partition coefficient (Wildman–Crippen LogP) is 2.37. The summed E-state index contributed by atoms with van der Waals surface area (Å²) in [6.45, 7) is 0.178. The van der Waals surface area contributed by atoms with Crippen molar-refractivity contribution in [3.8, 4) is 5.75 Å². The maximum Gasteiger partial charge on any atom is 0.229 e. The van der Waals surface area contributed by atoms with Gasteiger partial charge >= 0.3 is 0 Å². The zero-order valence-corrected chi connectivity index (χ0v) is 14.9. The van der Waals surface area contributed by atoms with Crippen LogP contribution >= 0.6 is 0 Å². The molecule has 0 aliphatic carbocycles. The normalized spacial score (nSPS) is 32.8. The van der Waals surface area contributed by atoms with Crippen molar-refractivity contribution in [1.29, 1.82) is 0 Å². The van der Waals surface area contributed by atoms with Crippen LogP contribution < -0.4 is 4.74 Å². The Morgan fingerprint density at radius 3 is 2.57 bits per heavy atom. The van der Waals surface area contributed by atoms with Gasteiger partial charge in [-0.15, -0.1) is 0 Å². The Bertz CT molecular complexity index is 939. The van der Waals surface area contributed by atoms with E-state index in [9.17, 15) is 10.2 Å². The van der Waals surface area contributed by atoms with E-state index in [-0.39, 0.29) is 6.61 Å². The third kappa shape index (κ3) is 3.17. The van der Waals surface area contributed by atoms with E-state index in [1.165, 1.54) is 6.26 Å². The van der Waals surface area contributed by atoms with E-state index in [0.29, 0.717) is 11.5 Å². The molecule has 146 valence electrons. The molecule has 2 aliphatic rings. The molecule has 2 aliphatic heterocycles. The molecule has 6 atom stereocenters. The molecule has 28 heavy (non-hydrogen) atoms. The average molecular weight is 384 g/mol. The number of rotatable bonds is 3. The van der Waals surface area contributed by atoms with Crippen molar-refractivity contribution in [3.05, 3.63) is 66.6 Å². The van der Waals surface area contributed by atoms with Crippen molar-refractivity contribution in [2.24, 2.45) is 0 Å². The average Bonchev–Trinajstić information content (AvgIpc) is 3.26. The first-order valence-corrected chi connectivity index (χ1v) is 9.16. The van der Waals surface area contributed by atoms with Crippen molar-refractivity contribution in [1.82, 2.24) is 0 Å². The minimum Gasteiger partial charge on any atom is -0.464 e. The number of hydrogen-bond donors (Lipinski definition) is 2. The molecule has 6 unspecified atom stereocenters. The van der Waals surface area contributed by atoms with Crippen LogP contribution in [0.4, 0.5) is 0 Å². The summed E-state index contributed by atoms with van der Waals surface area (Å²) in [5.41, 5.74) is 0. The maximum absolute atomic E-state index is 10.6. The first kappa shape index (κ1) is 17.7. The number of benzene rings is 2. The number of ether oxygens (including phenoxy) is 4. The maximum atomic E-state index is 10.6. The molecule has 2 fully saturated rings. The molecule has 2 saturated heterocycles. The molecule has 7 heteroatoms. The van der Waals surface area contributed by atoms with Crippen molar-refractivity contribution in [3.63, 3.8) is 0 Å². The summed E-state index contributed by atoms with van der Waals surface area (Å²) >= 11 is 0. The highest BCUT2D eigenvalue weighted by Crippen LogP contribution is 2.35. The van der Waals surface area contributed by atoms with Gasteiger partial charge in [-0.25, -0.2) is 0 Å². The van der Waals surface area contributed by atoms with Crippen LogP contribution in [0.1, 0.15) is 12.1 Å². The van der Waals surface area contributed by atoms with Gasteiger partial charge in [0, 0.05) is 0 Å². The fourth-order valence-corrected chi connectivity index (χ4v) is 3.62. The predicted molar refractivity (Wildman–Crippen MR) is 97.5 cm³/mol. The van der Waals surface area contributed by atoms with Gasteiger partial charge in [-0.2, -0.15) is 0 Å². The summed E-state index contributed by atoms with van der Waals surface area (Å²) in [5, 5.41) is 23.2. The zero-order valence-electron chi connectivity index (χ0n) is 14.9. The highest BCUT2D eigenvalue weighted by atomic mass is 16.8. The lowest BCUT2D eigenvalue weighted by Gasteiger charge is -2.45. The Hall–Kier alpha value is -2.42. The lowest BCUT2D eigenvalue weighted by Crippen LogP contribution is -2.62. The van der Waals surface area contributed by atoms with E-state index < -0.39 is 37.0 Å². The molecule has 3 heterocycles. The lowest BCUT2D eigenvalue weighted by atomic mass is 9.98. The third-order valence-corrected chi connectivity index (χ3v) is 5.08. The summed E-state index contributed by atoms with van der Waals surface area (Å²) in [6.07, 6.45) is -4.06. The minimum absolute atomic E-state index is 0.178. The van der Waals surface area contributed by atoms with Gasteiger partial charge in [0.15, 0.2) is 5.76 Å². The van der Waals surface area contributed by atoms with Gasteiger partial charge in [0.25, 0.3) is 0 Å². The fourth-order valence-electron chi connectivity index (χ4n) is 3.62. The highest BCUT2D eigenvalue weighted by molar-refractivity contribution is 5.83. The molecule has 0 spiro atoms. The summed E-state index contributed by atoms with van der Waals surface area (Å²) in [4.78, 5) is 0. The quantitative estimate of drug-likeness (QED) is 0.716. The Balaban J connectivity index is 1.31. The van der Waals surface area contributed by atoms with Crippen LogP contribution in [0.25, 0.3) is 10.8 Å². The van der Waals surface area contributed by atoms with Crippen LogP contribution in [0.15, 0.2) is 65.3 Å². The van der Waals surface area contributed by atoms with Crippen LogP contribution in [-0.4, -0.2) is 47.5 Å². The molecular weight excluding hydrogens is 364 g/mol. The van der Waals surface area contributed by atoms with Gasteiger partial charge < -0.3 is 33.6 Å². The molecule has 3 aromatic rings. The Labute approximate surface area is 161 Å². The number of furan rings is 1. The lowest BCUT2D eigenvalue weighted by molar-refractivity contribution is -0.352. The van der Waals surface area contributed by atoms with E-state index in [1.807, 2.05) is 36.4 Å². The van der Waals surface area contributed by atoms with Crippen LogP contribution in [0.2, 0.25) is 0 Å². The van der Waals surface area contributed by atoms with Crippen molar-refractivity contribution < 1.29 is 33.6 Å². The number of hydrogen-bond acceptors (Lipinski definition) is 7. The van der Waals surface area contributed by atoms with Crippen molar-refractivity contribution in [2.75, 3.05) is 6.61 Å². The summed E-state index contributed by atoms with van der Waals surface area (Å²) in [5.74, 6) is 1.04. The first-order chi connectivity index (χ1) is 13.7. The van der Waals surface area contributed by atoms with Crippen LogP contribution in [0.3, 0.4) is 0 Å². The Kier molecular flexibility index (Phi) is 4.54. The molecule has 0 amide bonds. The summed E-state index contributed by atoms with van der Waals surface area (Å²) < 4.78 is 28.4. The van der Waals surface area contributed by atoms with Crippen molar-refractivity contribution in [2.45, 2.75) is 37.0 Å². The van der Waals surface area contributed by atoms with Gasteiger partial charge in [0.1, 0.15) is 30.2 Å². The molecule has 2 N–H and O–H groups in total. The molecule has 0 radical (unpaired) electrons. The summed E-state index contributed by atoms with van der Waals surface area (Å²) in [7, 11) is 0. The standard InChI is InChI=1S/C21H20O7/c22-17-18(23)21(26-14-8-7-12-4-1-2-5-13(12)10-14)27-16-11-25-20(28-19(16)17)15-6-3-9-24-15/h1-10,16-23H,11H2. The fraction of sp³-hybridized carbons (Fsp3) is 0.333. The molecule has 1 aromatic heterocycles. The van der Waals surface area contributed by atoms with Gasteiger partial charge in [0.2, 0.25) is 12.6 Å². The Morgan fingerprint density at radius 2 is 1.75 bits per heavy atom. The summed E-state index contributed by atoms with van der Waals surface area (Å²) in [6, 6.07) is 16.9. The molecule has 2 aromatic carbocycles. The smallest absolute Gasteiger partial charge is 0.229 e. The first-order valence-electron chi connectivity index (χ1n) is 9.16. The van der Waals surface area contributed by atoms with Gasteiger partial charge in [-0.3, -0.25) is 0 Å². The van der Waals surface area contributed by atoms with E-state index in [0.717, 1.165) is 10.8 Å². The number of fused-ring (bicyclic) bond motifs is 2.